The van der Waals surface area contributed by atoms with Gasteiger partial charge in [0.2, 0.25) is 0 Å². The number of ether oxygens (including phenoxy) is 1. The zero-order valence-corrected chi connectivity index (χ0v) is 13.1. The van der Waals surface area contributed by atoms with Gasteiger partial charge in [0.25, 0.3) is 0 Å². The lowest BCUT2D eigenvalue weighted by atomic mass is 9.91. The van der Waals surface area contributed by atoms with E-state index in [1.54, 1.807) is 12.1 Å². The maximum absolute atomic E-state index is 11.6. The van der Waals surface area contributed by atoms with E-state index in [-0.39, 0.29) is 0 Å². The summed E-state index contributed by atoms with van der Waals surface area (Å²) in [5.41, 5.74) is 1.08. The third-order valence-electron chi connectivity index (χ3n) is 3.88. The lowest BCUT2D eigenvalue weighted by molar-refractivity contribution is 0.0696. The van der Waals surface area contributed by atoms with Gasteiger partial charge in [0.15, 0.2) is 0 Å². The fraction of sp³-hybridized carbons (Fsp3) is 0.588. The number of nitrogens with zero attached hydrogens (tertiary/aromatic N) is 1. The average Bonchev–Trinajstić information content (AvgIpc) is 2.43. The van der Waals surface area contributed by atoms with E-state index < -0.39 is 5.97 Å². The Morgan fingerprint density at radius 1 is 1.33 bits per heavy atom. The van der Waals surface area contributed by atoms with Crippen molar-refractivity contribution in [2.24, 2.45) is 11.8 Å². The van der Waals surface area contributed by atoms with E-state index in [0.29, 0.717) is 29.8 Å². The molecule has 0 aromatic heterocycles. The third kappa shape index (κ3) is 3.69. The van der Waals surface area contributed by atoms with Gasteiger partial charge in [0, 0.05) is 13.1 Å². The van der Waals surface area contributed by atoms with Crippen molar-refractivity contribution in [3.63, 3.8) is 0 Å². The molecule has 1 aromatic carbocycles. The third-order valence-corrected chi connectivity index (χ3v) is 3.88. The average molecular weight is 291 g/mol. The first-order chi connectivity index (χ1) is 10.0. The highest BCUT2D eigenvalue weighted by Crippen LogP contribution is 2.36. The lowest BCUT2D eigenvalue weighted by Crippen LogP contribution is -2.39. The summed E-state index contributed by atoms with van der Waals surface area (Å²) in [7, 11) is 0. The molecule has 1 aromatic rings. The summed E-state index contributed by atoms with van der Waals surface area (Å²) >= 11 is 0. The van der Waals surface area contributed by atoms with Gasteiger partial charge in [-0.1, -0.05) is 26.8 Å². The van der Waals surface area contributed by atoms with E-state index in [9.17, 15) is 9.90 Å². The molecule has 1 saturated heterocycles. The SMILES string of the molecule is CCCOc1cccc(C(=O)O)c1N1CC(C)CC(C)C1. The number of carboxylic acid groups (broad SMARTS) is 1. The predicted octanol–water partition coefficient (Wildman–Crippen LogP) is 3.66. The van der Waals surface area contributed by atoms with Crippen LogP contribution in [0.1, 0.15) is 44.0 Å². The minimum atomic E-state index is -0.891. The molecule has 0 aliphatic carbocycles. The molecule has 21 heavy (non-hydrogen) atoms. The smallest absolute Gasteiger partial charge is 0.337 e. The van der Waals surface area contributed by atoms with E-state index in [1.807, 2.05) is 13.0 Å². The first-order valence-electron chi connectivity index (χ1n) is 7.77. The van der Waals surface area contributed by atoms with Crippen LogP contribution in [-0.2, 0) is 0 Å². The second-order valence-corrected chi connectivity index (χ2v) is 6.16. The van der Waals surface area contributed by atoms with E-state index in [4.69, 9.17) is 4.74 Å². The maximum atomic E-state index is 11.6. The Hall–Kier alpha value is -1.71. The number of rotatable bonds is 5. The van der Waals surface area contributed by atoms with Crippen molar-refractivity contribution in [3.05, 3.63) is 23.8 Å². The topological polar surface area (TPSA) is 49.8 Å². The Morgan fingerprint density at radius 3 is 2.57 bits per heavy atom. The second-order valence-electron chi connectivity index (χ2n) is 6.16. The molecule has 116 valence electrons. The summed E-state index contributed by atoms with van der Waals surface area (Å²) in [6.07, 6.45) is 2.10. The molecular weight excluding hydrogens is 266 g/mol. The fourth-order valence-electron chi connectivity index (χ4n) is 3.20. The molecule has 2 unspecified atom stereocenters. The van der Waals surface area contributed by atoms with Gasteiger partial charge < -0.3 is 14.7 Å². The number of carbonyl (C=O) groups is 1. The normalized spacial score (nSPS) is 22.1. The number of hydrogen-bond acceptors (Lipinski definition) is 3. The van der Waals surface area contributed by atoms with Crippen molar-refractivity contribution in [2.75, 3.05) is 24.6 Å². The Morgan fingerprint density at radius 2 is 2.00 bits per heavy atom. The first-order valence-corrected chi connectivity index (χ1v) is 7.77. The zero-order chi connectivity index (χ0) is 15.4. The molecule has 0 radical (unpaired) electrons. The summed E-state index contributed by atoms with van der Waals surface area (Å²) in [5.74, 6) is 0.931. The van der Waals surface area contributed by atoms with Crippen LogP contribution in [-0.4, -0.2) is 30.8 Å². The van der Waals surface area contributed by atoms with Crippen LogP contribution in [0.5, 0.6) is 5.75 Å². The van der Waals surface area contributed by atoms with Crippen molar-refractivity contribution in [1.29, 1.82) is 0 Å². The molecule has 0 amide bonds. The highest BCUT2D eigenvalue weighted by Gasteiger charge is 2.27. The molecule has 2 rings (SSSR count). The Bertz CT molecular complexity index is 491. The summed E-state index contributed by atoms with van der Waals surface area (Å²) < 4.78 is 5.80. The molecule has 2 atom stereocenters. The quantitative estimate of drug-likeness (QED) is 0.899. The minimum Gasteiger partial charge on any atom is -0.491 e. The van der Waals surface area contributed by atoms with Gasteiger partial charge in [0.1, 0.15) is 5.75 Å². The largest absolute Gasteiger partial charge is 0.491 e. The summed E-state index contributed by atoms with van der Waals surface area (Å²) in [5, 5.41) is 9.50. The minimum absolute atomic E-state index is 0.338. The highest BCUT2D eigenvalue weighted by atomic mass is 16.5. The zero-order valence-electron chi connectivity index (χ0n) is 13.1. The fourth-order valence-corrected chi connectivity index (χ4v) is 3.20. The van der Waals surface area contributed by atoms with Gasteiger partial charge >= 0.3 is 5.97 Å². The van der Waals surface area contributed by atoms with Gasteiger partial charge in [-0.15, -0.1) is 0 Å². The van der Waals surface area contributed by atoms with Crippen LogP contribution in [0.4, 0.5) is 5.69 Å². The first kappa shape index (κ1) is 15.7. The molecule has 0 bridgehead atoms. The van der Waals surface area contributed by atoms with Gasteiger partial charge in [-0.05, 0) is 36.8 Å². The van der Waals surface area contributed by atoms with Crippen LogP contribution < -0.4 is 9.64 Å². The van der Waals surface area contributed by atoms with Crippen LogP contribution in [0.3, 0.4) is 0 Å². The molecule has 1 heterocycles. The van der Waals surface area contributed by atoms with Crippen molar-refractivity contribution >= 4 is 11.7 Å². The summed E-state index contributed by atoms with van der Waals surface area (Å²) in [6.45, 7) is 8.87. The Kier molecular flexibility index (Phi) is 5.10. The van der Waals surface area contributed by atoms with Crippen LogP contribution in [0.15, 0.2) is 18.2 Å². The molecule has 1 aliphatic heterocycles. The van der Waals surface area contributed by atoms with Crippen molar-refractivity contribution in [3.8, 4) is 5.75 Å². The lowest BCUT2D eigenvalue weighted by Gasteiger charge is -2.38. The summed E-state index contributed by atoms with van der Waals surface area (Å²) in [6, 6.07) is 5.30. The van der Waals surface area contributed by atoms with E-state index in [2.05, 4.69) is 18.7 Å². The predicted molar refractivity (Wildman–Crippen MR) is 84.3 cm³/mol. The summed E-state index contributed by atoms with van der Waals surface area (Å²) in [4.78, 5) is 13.8. The number of hydrogen-bond donors (Lipinski definition) is 1. The number of anilines is 1. The Balaban J connectivity index is 2.40. The number of carboxylic acids is 1. The molecule has 1 aliphatic rings. The van der Waals surface area contributed by atoms with E-state index >= 15 is 0 Å². The van der Waals surface area contributed by atoms with Crippen LogP contribution >= 0.6 is 0 Å². The van der Waals surface area contributed by atoms with Gasteiger partial charge in [-0.25, -0.2) is 4.79 Å². The molecule has 1 fully saturated rings. The van der Waals surface area contributed by atoms with Gasteiger partial charge in [-0.2, -0.15) is 0 Å². The molecule has 0 saturated carbocycles. The van der Waals surface area contributed by atoms with E-state index in [1.165, 1.54) is 6.42 Å². The van der Waals surface area contributed by atoms with Crippen molar-refractivity contribution in [1.82, 2.24) is 0 Å². The van der Waals surface area contributed by atoms with Crippen LogP contribution in [0.25, 0.3) is 0 Å². The molecule has 4 heteroatoms. The molecule has 0 spiro atoms. The molecule has 1 N–H and O–H groups in total. The number of benzene rings is 1. The van der Waals surface area contributed by atoms with Gasteiger partial charge in [0.05, 0.1) is 17.9 Å². The standard InChI is InChI=1S/C17H25NO3/c1-4-8-21-15-7-5-6-14(17(19)20)16(15)18-10-12(2)9-13(3)11-18/h5-7,12-13H,4,8-11H2,1-3H3,(H,19,20). The number of aromatic carboxylic acids is 1. The van der Waals surface area contributed by atoms with Crippen molar-refractivity contribution < 1.29 is 14.6 Å². The van der Waals surface area contributed by atoms with Crippen LogP contribution in [0.2, 0.25) is 0 Å². The van der Waals surface area contributed by atoms with Crippen LogP contribution in [0, 0.1) is 11.8 Å². The maximum Gasteiger partial charge on any atom is 0.337 e. The monoisotopic (exact) mass is 291 g/mol. The number of para-hydroxylation sites is 1. The van der Waals surface area contributed by atoms with Gasteiger partial charge in [-0.3, -0.25) is 0 Å². The number of piperidine rings is 1. The van der Waals surface area contributed by atoms with Crippen molar-refractivity contribution in [2.45, 2.75) is 33.6 Å². The highest BCUT2D eigenvalue weighted by molar-refractivity contribution is 5.96. The van der Waals surface area contributed by atoms with E-state index in [0.717, 1.165) is 25.2 Å². The second kappa shape index (κ2) is 6.83. The molecule has 4 nitrogen and oxygen atoms in total. The molecular formula is C17H25NO3. The Labute approximate surface area is 126 Å².